The Morgan fingerprint density at radius 2 is 1.94 bits per heavy atom. The van der Waals surface area contributed by atoms with Crippen molar-refractivity contribution >= 4 is 21.7 Å². The zero-order valence-electron chi connectivity index (χ0n) is 10.5. The molecule has 18 heavy (non-hydrogen) atoms. The third-order valence-corrected chi connectivity index (χ3v) is 3.94. The molecule has 1 aromatic carbocycles. The second-order valence-corrected chi connectivity index (χ2v) is 5.61. The summed E-state index contributed by atoms with van der Waals surface area (Å²) in [6.45, 7) is 2.29. The van der Waals surface area contributed by atoms with Crippen molar-refractivity contribution in [2.24, 2.45) is 5.73 Å². The number of amidine groups is 1. The Hall–Kier alpha value is -1.60. The highest BCUT2D eigenvalue weighted by molar-refractivity contribution is 7.90. The van der Waals surface area contributed by atoms with Gasteiger partial charge in [0, 0.05) is 19.2 Å². The van der Waals surface area contributed by atoms with Crippen molar-refractivity contribution in [2.75, 3.05) is 17.9 Å². The molecule has 0 unspecified atom stereocenters. The van der Waals surface area contributed by atoms with Gasteiger partial charge in [-0.15, -0.1) is 0 Å². The van der Waals surface area contributed by atoms with Gasteiger partial charge >= 0.3 is 10.2 Å². The van der Waals surface area contributed by atoms with Crippen LogP contribution < -0.4 is 14.8 Å². The Balaban J connectivity index is 2.90. The van der Waals surface area contributed by atoms with Crippen molar-refractivity contribution in [1.82, 2.24) is 4.72 Å². The minimum Gasteiger partial charge on any atom is -0.384 e. The summed E-state index contributed by atoms with van der Waals surface area (Å²) in [6, 6.07) is 6.46. The molecule has 1 rings (SSSR count). The van der Waals surface area contributed by atoms with Crippen molar-refractivity contribution in [3.63, 3.8) is 0 Å². The summed E-state index contributed by atoms with van der Waals surface area (Å²) in [7, 11) is -2.04. The second-order valence-electron chi connectivity index (χ2n) is 3.83. The van der Waals surface area contributed by atoms with Gasteiger partial charge in [-0.2, -0.15) is 13.1 Å². The summed E-state index contributed by atoms with van der Waals surface area (Å²) in [5, 5.41) is 7.26. The van der Waals surface area contributed by atoms with E-state index in [0.717, 1.165) is 10.7 Å². The van der Waals surface area contributed by atoms with Crippen LogP contribution in [0.2, 0.25) is 0 Å². The van der Waals surface area contributed by atoms with Gasteiger partial charge in [-0.25, -0.2) is 0 Å². The van der Waals surface area contributed by atoms with Crippen LogP contribution in [-0.4, -0.2) is 27.8 Å². The van der Waals surface area contributed by atoms with E-state index in [0.29, 0.717) is 17.8 Å². The SMILES string of the molecule is CCCNS(=O)(=O)N(C)c1ccc(C(=N)N)cc1. The molecule has 0 bridgehead atoms. The molecule has 0 amide bonds. The second kappa shape index (κ2) is 5.83. The van der Waals surface area contributed by atoms with Crippen molar-refractivity contribution in [1.29, 1.82) is 5.41 Å². The monoisotopic (exact) mass is 270 g/mol. The molecule has 7 heteroatoms. The zero-order chi connectivity index (χ0) is 13.8. The van der Waals surface area contributed by atoms with Crippen LogP contribution in [0.25, 0.3) is 0 Å². The lowest BCUT2D eigenvalue weighted by atomic mass is 10.2. The molecule has 0 fully saturated rings. The number of benzene rings is 1. The van der Waals surface area contributed by atoms with Gasteiger partial charge in [-0.05, 0) is 30.7 Å². The maximum atomic E-state index is 11.9. The van der Waals surface area contributed by atoms with Gasteiger partial charge in [0.2, 0.25) is 0 Å². The molecule has 4 N–H and O–H groups in total. The first-order valence-corrected chi connectivity index (χ1v) is 7.00. The number of anilines is 1. The summed E-state index contributed by atoms with van der Waals surface area (Å²) < 4.78 is 27.3. The number of nitrogens with zero attached hydrogens (tertiary/aromatic N) is 1. The zero-order valence-corrected chi connectivity index (χ0v) is 11.3. The van der Waals surface area contributed by atoms with Crippen molar-refractivity contribution < 1.29 is 8.42 Å². The van der Waals surface area contributed by atoms with E-state index in [1.807, 2.05) is 6.92 Å². The quantitative estimate of drug-likeness (QED) is 0.522. The minimum atomic E-state index is -3.51. The molecule has 0 aromatic heterocycles. The van der Waals surface area contributed by atoms with Gasteiger partial charge < -0.3 is 5.73 Å². The number of rotatable bonds is 6. The first-order valence-electron chi connectivity index (χ1n) is 5.56. The summed E-state index contributed by atoms with van der Waals surface area (Å²) in [6.07, 6.45) is 0.732. The molecule has 6 nitrogen and oxygen atoms in total. The largest absolute Gasteiger partial charge is 0.384 e. The summed E-state index contributed by atoms with van der Waals surface area (Å²) >= 11 is 0. The molecule has 0 radical (unpaired) electrons. The Morgan fingerprint density at radius 3 is 2.39 bits per heavy atom. The lowest BCUT2D eigenvalue weighted by Gasteiger charge is -2.19. The van der Waals surface area contributed by atoms with Crippen LogP contribution in [-0.2, 0) is 10.2 Å². The van der Waals surface area contributed by atoms with E-state index in [9.17, 15) is 8.42 Å². The summed E-state index contributed by atoms with van der Waals surface area (Å²) in [4.78, 5) is 0. The molecule has 0 aliphatic heterocycles. The number of hydrogen-bond donors (Lipinski definition) is 3. The Labute approximate surface area is 107 Å². The molecule has 0 saturated carbocycles. The van der Waals surface area contributed by atoms with Crippen molar-refractivity contribution in [3.8, 4) is 0 Å². The predicted octanol–water partition coefficient (Wildman–Crippen LogP) is 0.651. The van der Waals surface area contributed by atoms with E-state index in [-0.39, 0.29) is 5.84 Å². The fourth-order valence-corrected chi connectivity index (χ4v) is 2.37. The normalized spacial score (nSPS) is 11.2. The van der Waals surface area contributed by atoms with Crippen LogP contribution >= 0.6 is 0 Å². The first kappa shape index (κ1) is 14.5. The molecule has 0 saturated heterocycles. The lowest BCUT2D eigenvalue weighted by Crippen LogP contribution is -2.38. The number of hydrogen-bond acceptors (Lipinski definition) is 3. The van der Waals surface area contributed by atoms with Crippen LogP contribution in [0.1, 0.15) is 18.9 Å². The fraction of sp³-hybridized carbons (Fsp3) is 0.364. The summed E-state index contributed by atoms with van der Waals surface area (Å²) in [5.41, 5.74) is 6.41. The number of nitrogens with one attached hydrogen (secondary N) is 2. The Bertz CT molecular complexity index is 510. The third kappa shape index (κ3) is 3.44. The van der Waals surface area contributed by atoms with Gasteiger partial charge in [0.25, 0.3) is 0 Å². The van der Waals surface area contributed by atoms with Crippen LogP contribution in [0.4, 0.5) is 5.69 Å². The minimum absolute atomic E-state index is 0.0452. The highest BCUT2D eigenvalue weighted by atomic mass is 32.2. The van der Waals surface area contributed by atoms with Gasteiger partial charge in [0.05, 0.1) is 5.69 Å². The van der Waals surface area contributed by atoms with E-state index in [1.165, 1.54) is 7.05 Å². The molecular formula is C11H18N4O2S. The molecule has 1 aromatic rings. The molecule has 0 aliphatic carbocycles. The molecule has 0 atom stereocenters. The maximum absolute atomic E-state index is 11.9. The van der Waals surface area contributed by atoms with Crippen molar-refractivity contribution in [3.05, 3.63) is 29.8 Å². The van der Waals surface area contributed by atoms with Crippen molar-refractivity contribution in [2.45, 2.75) is 13.3 Å². The van der Waals surface area contributed by atoms with Gasteiger partial charge in [-0.1, -0.05) is 6.92 Å². The maximum Gasteiger partial charge on any atom is 0.301 e. The van der Waals surface area contributed by atoms with Crippen LogP contribution in [0, 0.1) is 5.41 Å². The van der Waals surface area contributed by atoms with E-state index in [4.69, 9.17) is 11.1 Å². The molecular weight excluding hydrogens is 252 g/mol. The standard InChI is InChI=1S/C11H18N4O2S/c1-3-8-14-18(16,17)15(2)10-6-4-9(5-7-10)11(12)13/h4-7,14H,3,8H2,1-2H3,(H3,12,13). The van der Waals surface area contributed by atoms with E-state index in [2.05, 4.69) is 4.72 Å². The predicted molar refractivity (Wildman–Crippen MR) is 73.1 cm³/mol. The molecule has 0 spiro atoms. The molecule has 0 aliphatic rings. The van der Waals surface area contributed by atoms with Gasteiger partial charge in [0.1, 0.15) is 5.84 Å². The van der Waals surface area contributed by atoms with Gasteiger partial charge in [-0.3, -0.25) is 9.71 Å². The average molecular weight is 270 g/mol. The van der Waals surface area contributed by atoms with Crippen LogP contribution in [0.3, 0.4) is 0 Å². The van der Waals surface area contributed by atoms with E-state index >= 15 is 0 Å². The highest BCUT2D eigenvalue weighted by Crippen LogP contribution is 2.16. The first-order chi connectivity index (χ1) is 8.38. The number of nitrogen functional groups attached to an aromatic ring is 1. The third-order valence-electron chi connectivity index (χ3n) is 2.44. The Morgan fingerprint density at radius 1 is 1.39 bits per heavy atom. The smallest absolute Gasteiger partial charge is 0.301 e. The Kier molecular flexibility index (Phi) is 4.69. The molecule has 0 heterocycles. The van der Waals surface area contributed by atoms with Crippen LogP contribution in [0.5, 0.6) is 0 Å². The van der Waals surface area contributed by atoms with Crippen LogP contribution in [0.15, 0.2) is 24.3 Å². The van der Waals surface area contributed by atoms with E-state index in [1.54, 1.807) is 24.3 Å². The lowest BCUT2D eigenvalue weighted by molar-refractivity contribution is 0.579. The highest BCUT2D eigenvalue weighted by Gasteiger charge is 2.16. The van der Waals surface area contributed by atoms with E-state index < -0.39 is 10.2 Å². The molecule has 100 valence electrons. The van der Waals surface area contributed by atoms with Gasteiger partial charge in [0.15, 0.2) is 0 Å². The fourth-order valence-electron chi connectivity index (χ4n) is 1.32. The topological polar surface area (TPSA) is 99.3 Å². The summed E-state index contributed by atoms with van der Waals surface area (Å²) in [5.74, 6) is -0.0452. The number of nitrogens with two attached hydrogens (primary N) is 1. The average Bonchev–Trinajstić information content (AvgIpc) is 2.35.